The van der Waals surface area contributed by atoms with Gasteiger partial charge in [-0.05, 0) is 114 Å². The van der Waals surface area contributed by atoms with Crippen LogP contribution in [0.15, 0.2) is 91.0 Å². The predicted octanol–water partition coefficient (Wildman–Crippen LogP) is 10.8. The molecule has 0 unspecified atom stereocenters. The van der Waals surface area contributed by atoms with Gasteiger partial charge in [0.15, 0.2) is 0 Å². The zero-order valence-electron chi connectivity index (χ0n) is 27.1. The molecule has 0 aliphatic carbocycles. The number of benzene rings is 6. The Morgan fingerprint density at radius 3 is 1.42 bits per heavy atom. The Kier molecular flexibility index (Phi) is 7.26. The van der Waals surface area contributed by atoms with Gasteiger partial charge in [0.05, 0.1) is 5.60 Å². The standard InChI is InChI=1S/C41H42BO/c1-25-16-26(2)19-29(18-25)35-24-39-37-22-31(42-43-41(8,9)40(5,6)7)14-15-34(37)36(30-20-27(3)17-28(4)21-30)23-38(39)33-13-11-10-12-32(33)35/h10-24H,1-9H3. The van der Waals surface area contributed by atoms with E-state index in [-0.39, 0.29) is 11.0 Å². The first-order chi connectivity index (χ1) is 20.3. The first-order valence-corrected chi connectivity index (χ1v) is 15.4. The van der Waals surface area contributed by atoms with E-state index in [1.807, 2.05) is 7.48 Å². The summed E-state index contributed by atoms with van der Waals surface area (Å²) in [5.41, 5.74) is 11.0. The van der Waals surface area contributed by atoms with Crippen LogP contribution in [-0.4, -0.2) is 13.1 Å². The van der Waals surface area contributed by atoms with Crippen molar-refractivity contribution in [1.82, 2.24) is 0 Å². The number of aryl methyl sites for hydroxylation is 4. The average Bonchev–Trinajstić information content (AvgIpc) is 2.93. The lowest BCUT2D eigenvalue weighted by molar-refractivity contribution is 0.00504. The van der Waals surface area contributed by atoms with Crippen molar-refractivity contribution in [1.29, 1.82) is 0 Å². The summed E-state index contributed by atoms with van der Waals surface area (Å²) in [7, 11) is 1.95. The molecule has 0 spiro atoms. The van der Waals surface area contributed by atoms with Crippen LogP contribution >= 0.6 is 0 Å². The second-order valence-electron chi connectivity index (χ2n) is 14.0. The predicted molar refractivity (Wildman–Crippen MR) is 189 cm³/mol. The van der Waals surface area contributed by atoms with E-state index >= 15 is 0 Å². The lowest BCUT2D eigenvalue weighted by atomic mass is 9.76. The number of rotatable bonds is 5. The summed E-state index contributed by atoms with van der Waals surface area (Å²) in [4.78, 5) is 0. The molecule has 0 amide bonds. The van der Waals surface area contributed by atoms with Crippen LogP contribution in [0.2, 0.25) is 0 Å². The minimum absolute atomic E-state index is 0.00298. The van der Waals surface area contributed by atoms with Crippen molar-refractivity contribution in [3.63, 3.8) is 0 Å². The third kappa shape index (κ3) is 5.50. The monoisotopic (exact) mass is 561 g/mol. The Morgan fingerprint density at radius 1 is 0.465 bits per heavy atom. The Labute approximate surface area is 258 Å². The Balaban J connectivity index is 1.68. The van der Waals surface area contributed by atoms with Crippen LogP contribution < -0.4 is 5.46 Å². The molecule has 6 aromatic carbocycles. The molecule has 0 aliphatic heterocycles. The fourth-order valence-corrected chi connectivity index (χ4v) is 6.22. The maximum atomic E-state index is 6.45. The molecule has 0 saturated carbocycles. The summed E-state index contributed by atoms with van der Waals surface area (Å²) in [5.74, 6) is 0. The highest BCUT2D eigenvalue weighted by Crippen LogP contribution is 2.42. The van der Waals surface area contributed by atoms with E-state index in [2.05, 4.69) is 153 Å². The smallest absolute Gasteiger partial charge is 0.330 e. The molecule has 0 aliphatic rings. The van der Waals surface area contributed by atoms with Crippen molar-refractivity contribution in [3.8, 4) is 22.3 Å². The molecular formula is C41H42BO. The molecule has 0 atom stereocenters. The van der Waals surface area contributed by atoms with Gasteiger partial charge in [0.2, 0.25) is 0 Å². The molecule has 215 valence electrons. The van der Waals surface area contributed by atoms with E-state index in [0.29, 0.717) is 0 Å². The highest BCUT2D eigenvalue weighted by Gasteiger charge is 2.33. The molecule has 1 radical (unpaired) electrons. The third-order valence-corrected chi connectivity index (χ3v) is 9.36. The van der Waals surface area contributed by atoms with Gasteiger partial charge in [-0.1, -0.05) is 127 Å². The van der Waals surface area contributed by atoms with Crippen LogP contribution in [-0.2, 0) is 4.65 Å². The van der Waals surface area contributed by atoms with Crippen LogP contribution in [0.3, 0.4) is 0 Å². The Bertz CT molecular complexity index is 1980. The van der Waals surface area contributed by atoms with Gasteiger partial charge >= 0.3 is 7.48 Å². The lowest BCUT2D eigenvalue weighted by Gasteiger charge is -2.39. The molecule has 1 nitrogen and oxygen atoms in total. The topological polar surface area (TPSA) is 9.23 Å². The molecule has 0 aromatic heterocycles. The fourth-order valence-electron chi connectivity index (χ4n) is 6.22. The molecule has 0 heterocycles. The highest BCUT2D eigenvalue weighted by molar-refractivity contribution is 6.48. The van der Waals surface area contributed by atoms with E-state index in [0.717, 1.165) is 5.46 Å². The Hall–Kier alpha value is -3.88. The summed E-state index contributed by atoms with van der Waals surface area (Å²) in [5, 5.41) is 7.60. The molecule has 6 aromatic rings. The van der Waals surface area contributed by atoms with E-state index in [1.165, 1.54) is 76.8 Å². The number of hydrogen-bond acceptors (Lipinski definition) is 1. The molecule has 0 bridgehead atoms. The van der Waals surface area contributed by atoms with Gasteiger partial charge in [-0.2, -0.15) is 0 Å². The molecule has 2 heteroatoms. The molecule has 6 rings (SSSR count). The quantitative estimate of drug-likeness (QED) is 0.150. The second kappa shape index (κ2) is 10.7. The molecule has 0 fully saturated rings. The van der Waals surface area contributed by atoms with Gasteiger partial charge < -0.3 is 4.65 Å². The van der Waals surface area contributed by atoms with Crippen molar-refractivity contribution in [3.05, 3.63) is 113 Å². The van der Waals surface area contributed by atoms with Gasteiger partial charge in [0.25, 0.3) is 0 Å². The summed E-state index contributed by atoms with van der Waals surface area (Å²) >= 11 is 0. The van der Waals surface area contributed by atoms with Gasteiger partial charge in [-0.3, -0.25) is 0 Å². The first kappa shape index (κ1) is 29.2. The van der Waals surface area contributed by atoms with Gasteiger partial charge in [0, 0.05) is 0 Å². The highest BCUT2D eigenvalue weighted by atomic mass is 16.5. The normalized spacial score (nSPS) is 12.4. The van der Waals surface area contributed by atoms with Gasteiger partial charge in [0.1, 0.15) is 0 Å². The van der Waals surface area contributed by atoms with E-state index in [4.69, 9.17) is 4.65 Å². The van der Waals surface area contributed by atoms with Crippen molar-refractivity contribution in [2.75, 3.05) is 0 Å². The van der Waals surface area contributed by atoms with Gasteiger partial charge in [-0.25, -0.2) is 0 Å². The molecular weight excluding hydrogens is 519 g/mol. The molecule has 43 heavy (non-hydrogen) atoms. The van der Waals surface area contributed by atoms with Crippen LogP contribution in [0.1, 0.15) is 56.9 Å². The molecule has 0 saturated heterocycles. The van der Waals surface area contributed by atoms with E-state index in [1.54, 1.807) is 0 Å². The number of hydrogen-bond donors (Lipinski definition) is 0. The third-order valence-electron chi connectivity index (χ3n) is 9.36. The molecule has 0 N–H and O–H groups in total. The minimum atomic E-state index is -0.308. The Morgan fingerprint density at radius 2 is 0.907 bits per heavy atom. The lowest BCUT2D eigenvalue weighted by Crippen LogP contribution is -2.42. The van der Waals surface area contributed by atoms with Crippen molar-refractivity contribution < 1.29 is 4.65 Å². The average molecular weight is 562 g/mol. The van der Waals surface area contributed by atoms with Crippen molar-refractivity contribution in [2.45, 2.75) is 67.9 Å². The van der Waals surface area contributed by atoms with Crippen LogP contribution in [0.5, 0.6) is 0 Å². The second-order valence-corrected chi connectivity index (χ2v) is 14.0. The van der Waals surface area contributed by atoms with Crippen molar-refractivity contribution >= 4 is 45.3 Å². The van der Waals surface area contributed by atoms with Crippen molar-refractivity contribution in [2.24, 2.45) is 5.41 Å². The zero-order chi connectivity index (χ0) is 30.7. The van der Waals surface area contributed by atoms with E-state index in [9.17, 15) is 0 Å². The summed E-state index contributed by atoms with van der Waals surface area (Å²) in [6, 6.07) is 34.3. The summed E-state index contributed by atoms with van der Waals surface area (Å²) in [6.07, 6.45) is 0. The first-order valence-electron chi connectivity index (χ1n) is 15.4. The maximum absolute atomic E-state index is 6.45. The van der Waals surface area contributed by atoms with Gasteiger partial charge in [-0.15, -0.1) is 0 Å². The van der Waals surface area contributed by atoms with Crippen LogP contribution in [0.4, 0.5) is 0 Å². The van der Waals surface area contributed by atoms with E-state index < -0.39 is 0 Å². The largest absolute Gasteiger partial charge is 0.429 e. The SMILES string of the molecule is Cc1cc(C)cc(-c2cc3c4cc([B]OC(C)(C)C(C)(C)C)ccc4c(-c4cc(C)cc(C)c4)cc3c3ccccc23)c1. The minimum Gasteiger partial charge on any atom is -0.429 e. The maximum Gasteiger partial charge on any atom is 0.330 e. The summed E-state index contributed by atoms with van der Waals surface area (Å²) in [6.45, 7) is 19.8. The zero-order valence-corrected chi connectivity index (χ0v) is 27.1. The number of fused-ring (bicyclic) bond motifs is 5. The summed E-state index contributed by atoms with van der Waals surface area (Å²) < 4.78 is 6.45. The fraction of sp³-hybridized carbons (Fsp3) is 0.268. The van der Waals surface area contributed by atoms with Crippen LogP contribution in [0, 0.1) is 33.1 Å². The van der Waals surface area contributed by atoms with Crippen LogP contribution in [0.25, 0.3) is 54.6 Å².